The minimum absolute atomic E-state index is 0.146. The van der Waals surface area contributed by atoms with Gasteiger partial charge in [0.2, 0.25) is 0 Å². The first-order valence-corrected chi connectivity index (χ1v) is 7.25. The van der Waals surface area contributed by atoms with Crippen LogP contribution in [0, 0.1) is 0 Å². The van der Waals surface area contributed by atoms with Crippen LogP contribution in [0.25, 0.3) is 0 Å². The summed E-state index contributed by atoms with van der Waals surface area (Å²) in [6.07, 6.45) is 3.61. The van der Waals surface area contributed by atoms with Gasteiger partial charge in [-0.3, -0.25) is 4.79 Å². The lowest BCUT2D eigenvalue weighted by atomic mass is 10.2. The summed E-state index contributed by atoms with van der Waals surface area (Å²) in [5.41, 5.74) is 0. The lowest BCUT2D eigenvalue weighted by molar-refractivity contribution is -0.137. The number of unbranched alkanes of at least 4 members (excludes halogenated alkanes) is 1. The van der Waals surface area contributed by atoms with Crippen LogP contribution in [0.4, 0.5) is 4.79 Å². The molecular weight excluding hydrogens is 244 g/mol. The van der Waals surface area contributed by atoms with Crippen molar-refractivity contribution < 1.29 is 14.7 Å². The quantitative estimate of drug-likeness (QED) is 0.702. The average Bonchev–Trinajstić information content (AvgIpc) is 2.37. The van der Waals surface area contributed by atoms with Gasteiger partial charge in [-0.25, -0.2) is 4.79 Å². The molecule has 0 radical (unpaired) electrons. The molecule has 0 aliphatic carbocycles. The molecular formula is C14H28N2O3. The molecule has 1 N–H and O–H groups in total. The predicted molar refractivity (Wildman–Crippen MR) is 76.3 cm³/mol. The zero-order valence-corrected chi connectivity index (χ0v) is 12.7. The molecule has 2 amide bonds. The van der Waals surface area contributed by atoms with Crippen LogP contribution >= 0.6 is 0 Å². The molecule has 5 nitrogen and oxygen atoms in total. The van der Waals surface area contributed by atoms with Crippen LogP contribution in [-0.2, 0) is 4.79 Å². The van der Waals surface area contributed by atoms with Crippen LogP contribution in [0.15, 0.2) is 0 Å². The predicted octanol–water partition coefficient (Wildman–Crippen LogP) is 2.80. The largest absolute Gasteiger partial charge is 0.480 e. The molecule has 5 heteroatoms. The van der Waals surface area contributed by atoms with Crippen molar-refractivity contribution in [1.82, 2.24) is 9.80 Å². The maximum absolute atomic E-state index is 12.5. The average molecular weight is 272 g/mol. The fourth-order valence-electron chi connectivity index (χ4n) is 1.91. The van der Waals surface area contributed by atoms with Crippen molar-refractivity contribution in [1.29, 1.82) is 0 Å². The first-order valence-electron chi connectivity index (χ1n) is 7.25. The summed E-state index contributed by atoms with van der Waals surface area (Å²) in [4.78, 5) is 26.6. The maximum atomic E-state index is 12.5. The molecule has 0 saturated carbocycles. The molecule has 0 saturated heterocycles. The first-order chi connectivity index (χ1) is 8.97. The summed E-state index contributed by atoms with van der Waals surface area (Å²) in [6, 6.07) is -0.000693. The fraction of sp³-hybridized carbons (Fsp3) is 0.857. The SMILES string of the molecule is CCCCN(C(=O)N(CCC)CC(=O)O)C(C)CC. The molecule has 0 rings (SSSR count). The Kier molecular flexibility index (Phi) is 9.00. The van der Waals surface area contributed by atoms with Crippen LogP contribution in [0.5, 0.6) is 0 Å². The molecule has 1 unspecified atom stereocenters. The van der Waals surface area contributed by atoms with Crippen LogP contribution < -0.4 is 0 Å². The Labute approximate surface area is 116 Å². The fourth-order valence-corrected chi connectivity index (χ4v) is 1.91. The zero-order valence-electron chi connectivity index (χ0n) is 12.7. The van der Waals surface area contributed by atoms with Crippen LogP contribution in [0.1, 0.15) is 53.4 Å². The number of carboxylic acids is 1. The summed E-state index contributed by atoms with van der Waals surface area (Å²) >= 11 is 0. The summed E-state index contributed by atoms with van der Waals surface area (Å²) in [5, 5.41) is 8.90. The minimum atomic E-state index is -0.957. The third kappa shape index (κ3) is 6.45. The second-order valence-corrected chi connectivity index (χ2v) is 4.90. The van der Waals surface area contributed by atoms with Gasteiger partial charge in [-0.2, -0.15) is 0 Å². The van der Waals surface area contributed by atoms with E-state index >= 15 is 0 Å². The van der Waals surface area contributed by atoms with Gasteiger partial charge >= 0.3 is 12.0 Å². The van der Waals surface area contributed by atoms with E-state index in [4.69, 9.17) is 5.11 Å². The van der Waals surface area contributed by atoms with Crippen molar-refractivity contribution in [2.24, 2.45) is 0 Å². The van der Waals surface area contributed by atoms with Crippen LogP contribution in [0.3, 0.4) is 0 Å². The number of carboxylic acid groups (broad SMARTS) is 1. The number of hydrogen-bond donors (Lipinski definition) is 1. The molecule has 112 valence electrons. The van der Waals surface area contributed by atoms with Crippen molar-refractivity contribution in [3.63, 3.8) is 0 Å². The second kappa shape index (κ2) is 9.64. The number of carbonyl (C=O) groups is 2. The van der Waals surface area contributed by atoms with E-state index in [2.05, 4.69) is 6.92 Å². The zero-order chi connectivity index (χ0) is 14.8. The van der Waals surface area contributed by atoms with E-state index in [0.717, 1.165) is 25.7 Å². The number of urea groups is 1. The Morgan fingerprint density at radius 3 is 2.16 bits per heavy atom. The molecule has 0 aliphatic rings. The Morgan fingerprint density at radius 2 is 1.74 bits per heavy atom. The van der Waals surface area contributed by atoms with Gasteiger partial charge in [-0.1, -0.05) is 27.2 Å². The lowest BCUT2D eigenvalue weighted by Crippen LogP contribution is -2.49. The minimum Gasteiger partial charge on any atom is -0.480 e. The highest BCUT2D eigenvalue weighted by Crippen LogP contribution is 2.10. The Hall–Kier alpha value is -1.26. The van der Waals surface area contributed by atoms with Crippen LogP contribution in [-0.4, -0.2) is 52.6 Å². The molecule has 0 aromatic rings. The summed E-state index contributed by atoms with van der Waals surface area (Å²) in [5.74, 6) is -0.957. The highest BCUT2D eigenvalue weighted by molar-refractivity contribution is 5.80. The molecule has 19 heavy (non-hydrogen) atoms. The van der Waals surface area contributed by atoms with Gasteiger partial charge in [0.05, 0.1) is 0 Å². The van der Waals surface area contributed by atoms with Gasteiger partial charge in [0.15, 0.2) is 0 Å². The highest BCUT2D eigenvalue weighted by Gasteiger charge is 2.24. The molecule has 0 fully saturated rings. The highest BCUT2D eigenvalue weighted by atomic mass is 16.4. The molecule has 0 aromatic heterocycles. The number of nitrogens with zero attached hydrogens (tertiary/aromatic N) is 2. The van der Waals surface area contributed by atoms with Gasteiger partial charge in [0, 0.05) is 19.1 Å². The van der Waals surface area contributed by atoms with E-state index in [9.17, 15) is 9.59 Å². The summed E-state index contributed by atoms with van der Waals surface area (Å²) < 4.78 is 0. The van der Waals surface area contributed by atoms with Gasteiger partial charge in [-0.05, 0) is 26.2 Å². The third-order valence-corrected chi connectivity index (χ3v) is 3.21. The first kappa shape index (κ1) is 17.7. The topological polar surface area (TPSA) is 60.9 Å². The normalized spacial score (nSPS) is 12.0. The smallest absolute Gasteiger partial charge is 0.323 e. The Balaban J connectivity index is 4.83. The van der Waals surface area contributed by atoms with Gasteiger partial charge in [0.25, 0.3) is 0 Å². The Morgan fingerprint density at radius 1 is 1.11 bits per heavy atom. The van der Waals surface area contributed by atoms with E-state index in [1.165, 1.54) is 4.90 Å². The van der Waals surface area contributed by atoms with Crippen molar-refractivity contribution in [3.05, 3.63) is 0 Å². The van der Waals surface area contributed by atoms with Gasteiger partial charge in [0.1, 0.15) is 6.54 Å². The summed E-state index contributed by atoms with van der Waals surface area (Å²) in [7, 11) is 0. The summed E-state index contributed by atoms with van der Waals surface area (Å²) in [6.45, 7) is 9.05. The third-order valence-electron chi connectivity index (χ3n) is 3.21. The number of amides is 2. The van der Waals surface area contributed by atoms with Crippen molar-refractivity contribution in [3.8, 4) is 0 Å². The molecule has 0 aliphatic heterocycles. The molecule has 0 spiro atoms. The van der Waals surface area contributed by atoms with Crippen LogP contribution in [0.2, 0.25) is 0 Å². The van der Waals surface area contributed by atoms with Gasteiger partial charge in [-0.15, -0.1) is 0 Å². The van der Waals surface area contributed by atoms with E-state index < -0.39 is 5.97 Å². The Bertz CT molecular complexity index is 282. The van der Waals surface area contributed by atoms with E-state index in [0.29, 0.717) is 13.1 Å². The lowest BCUT2D eigenvalue weighted by Gasteiger charge is -2.33. The molecule has 1 atom stereocenters. The molecule has 0 heterocycles. The number of rotatable bonds is 9. The van der Waals surface area contributed by atoms with E-state index in [1.807, 2.05) is 25.7 Å². The monoisotopic (exact) mass is 272 g/mol. The molecule has 0 aromatic carbocycles. The standard InChI is InChI=1S/C14H28N2O3/c1-5-8-10-16(12(4)7-3)14(19)15(9-6-2)11-13(17)18/h12H,5-11H2,1-4H3,(H,17,18). The maximum Gasteiger partial charge on any atom is 0.323 e. The van der Waals surface area contributed by atoms with Crippen molar-refractivity contribution in [2.45, 2.75) is 59.4 Å². The number of hydrogen-bond acceptors (Lipinski definition) is 2. The number of carbonyl (C=O) groups excluding carboxylic acids is 1. The number of aliphatic carboxylic acids is 1. The van der Waals surface area contributed by atoms with Crippen molar-refractivity contribution >= 4 is 12.0 Å². The van der Waals surface area contributed by atoms with Crippen molar-refractivity contribution in [2.75, 3.05) is 19.6 Å². The van der Waals surface area contributed by atoms with E-state index in [-0.39, 0.29) is 18.6 Å². The van der Waals surface area contributed by atoms with E-state index in [1.54, 1.807) is 0 Å². The molecule has 0 bridgehead atoms. The van der Waals surface area contributed by atoms with Gasteiger partial charge < -0.3 is 14.9 Å². The second-order valence-electron chi connectivity index (χ2n) is 4.90.